The number of anilines is 2. The Labute approximate surface area is 203 Å². The monoisotopic (exact) mass is 477 g/mol. The van der Waals surface area contributed by atoms with Crippen molar-refractivity contribution >= 4 is 17.5 Å². The first-order valence-electron chi connectivity index (χ1n) is 11.6. The molecule has 2 aromatic heterocycles. The number of pyridine rings is 1. The van der Waals surface area contributed by atoms with Gasteiger partial charge in [-0.15, -0.1) is 0 Å². The molecule has 0 bridgehead atoms. The molecule has 10 heteroatoms. The molecule has 0 atom stereocenters. The number of nitrogens with two attached hydrogens (primary N) is 1. The van der Waals surface area contributed by atoms with Crippen LogP contribution in [0, 0.1) is 5.95 Å². The standard InChI is InChI=1S/C25H28FN7O2/c1-32(2)14-18-12-17(13-29-24(18)33-7-9-35-10-8-33)20-22(26)31-23(27)21(30-20)16-3-4-19-15(11-16)5-6-28-25(19)34/h3-4,11-13H,5-10,14H2,1-2H3,(H2,27,31)(H,28,34). The number of amides is 1. The van der Waals surface area contributed by atoms with Crippen LogP contribution >= 0.6 is 0 Å². The predicted octanol–water partition coefficient (Wildman–Crippen LogP) is 2.11. The van der Waals surface area contributed by atoms with Gasteiger partial charge in [0.25, 0.3) is 5.91 Å². The molecule has 1 aromatic carbocycles. The topological polar surface area (TPSA) is 110 Å². The average molecular weight is 478 g/mol. The Bertz CT molecular complexity index is 1270. The summed E-state index contributed by atoms with van der Waals surface area (Å²) in [4.78, 5) is 29.6. The molecule has 4 heterocycles. The van der Waals surface area contributed by atoms with Gasteiger partial charge in [-0.3, -0.25) is 4.79 Å². The summed E-state index contributed by atoms with van der Waals surface area (Å²) in [7, 11) is 3.96. The summed E-state index contributed by atoms with van der Waals surface area (Å²) in [5.74, 6) is 0.0115. The van der Waals surface area contributed by atoms with Gasteiger partial charge in [-0.05, 0) is 44.3 Å². The van der Waals surface area contributed by atoms with E-state index < -0.39 is 5.95 Å². The lowest BCUT2D eigenvalue weighted by atomic mass is 9.96. The zero-order chi connectivity index (χ0) is 24.5. The average Bonchev–Trinajstić information content (AvgIpc) is 2.84. The van der Waals surface area contributed by atoms with Crippen LogP contribution in [0.5, 0.6) is 0 Å². The Balaban J connectivity index is 1.56. The zero-order valence-corrected chi connectivity index (χ0v) is 19.8. The van der Waals surface area contributed by atoms with Crippen molar-refractivity contribution in [1.82, 2.24) is 25.2 Å². The first kappa shape index (κ1) is 23.1. The van der Waals surface area contributed by atoms with Crippen molar-refractivity contribution in [2.24, 2.45) is 0 Å². The van der Waals surface area contributed by atoms with Crippen LogP contribution in [-0.4, -0.2) is 72.7 Å². The number of ether oxygens (including phenoxy) is 1. The number of carbonyl (C=O) groups excluding carboxylic acids is 1. The highest BCUT2D eigenvalue weighted by atomic mass is 19.1. The highest BCUT2D eigenvalue weighted by Crippen LogP contribution is 2.32. The van der Waals surface area contributed by atoms with Crippen molar-refractivity contribution in [3.8, 4) is 22.5 Å². The number of carbonyl (C=O) groups is 1. The van der Waals surface area contributed by atoms with Gasteiger partial charge >= 0.3 is 0 Å². The smallest absolute Gasteiger partial charge is 0.251 e. The minimum Gasteiger partial charge on any atom is -0.382 e. The Morgan fingerprint density at radius 3 is 2.71 bits per heavy atom. The summed E-state index contributed by atoms with van der Waals surface area (Å²) in [6, 6.07) is 7.32. The normalized spacial score (nSPS) is 15.8. The van der Waals surface area contributed by atoms with Gasteiger partial charge in [0.15, 0.2) is 5.82 Å². The van der Waals surface area contributed by atoms with Gasteiger partial charge < -0.3 is 25.6 Å². The Morgan fingerprint density at radius 1 is 1.14 bits per heavy atom. The molecule has 0 unspecified atom stereocenters. The van der Waals surface area contributed by atoms with Crippen molar-refractivity contribution in [1.29, 1.82) is 0 Å². The van der Waals surface area contributed by atoms with E-state index in [9.17, 15) is 4.79 Å². The predicted molar refractivity (Wildman–Crippen MR) is 132 cm³/mol. The molecule has 3 N–H and O–H groups in total. The van der Waals surface area contributed by atoms with Gasteiger partial charge in [0.05, 0.1) is 13.2 Å². The molecule has 1 saturated heterocycles. The lowest BCUT2D eigenvalue weighted by molar-refractivity contribution is 0.0946. The van der Waals surface area contributed by atoms with Crippen molar-refractivity contribution in [3.63, 3.8) is 0 Å². The number of rotatable bonds is 5. The number of halogens is 1. The largest absolute Gasteiger partial charge is 0.382 e. The third-order valence-corrected chi connectivity index (χ3v) is 6.20. The van der Waals surface area contributed by atoms with Gasteiger partial charge in [-0.1, -0.05) is 6.07 Å². The number of hydrogen-bond donors (Lipinski definition) is 2. The first-order chi connectivity index (χ1) is 16.9. The van der Waals surface area contributed by atoms with Crippen LogP contribution in [0.4, 0.5) is 16.0 Å². The van der Waals surface area contributed by atoms with Crippen molar-refractivity contribution < 1.29 is 13.9 Å². The Kier molecular flexibility index (Phi) is 6.31. The van der Waals surface area contributed by atoms with Gasteiger partial charge in [0, 0.05) is 54.6 Å². The van der Waals surface area contributed by atoms with E-state index in [1.807, 2.05) is 31.1 Å². The van der Waals surface area contributed by atoms with E-state index in [1.54, 1.807) is 18.3 Å². The Morgan fingerprint density at radius 2 is 1.94 bits per heavy atom. The molecule has 182 valence electrons. The van der Waals surface area contributed by atoms with Gasteiger partial charge in [0.1, 0.15) is 17.2 Å². The van der Waals surface area contributed by atoms with E-state index in [2.05, 4.69) is 20.2 Å². The summed E-state index contributed by atoms with van der Waals surface area (Å²) in [5.41, 5.74) is 10.3. The van der Waals surface area contributed by atoms with Crippen LogP contribution < -0.4 is 16.0 Å². The van der Waals surface area contributed by atoms with E-state index >= 15 is 4.39 Å². The summed E-state index contributed by atoms with van der Waals surface area (Å²) in [6.45, 7) is 4.01. The number of nitrogens with one attached hydrogen (secondary N) is 1. The minimum atomic E-state index is -0.750. The highest BCUT2D eigenvalue weighted by Gasteiger charge is 2.22. The fraction of sp³-hybridized carbons (Fsp3) is 0.360. The summed E-state index contributed by atoms with van der Waals surface area (Å²) in [6.07, 6.45) is 2.34. The van der Waals surface area contributed by atoms with Crippen LogP contribution in [0.2, 0.25) is 0 Å². The van der Waals surface area contributed by atoms with E-state index in [0.29, 0.717) is 55.1 Å². The maximum absolute atomic E-state index is 15.0. The molecule has 3 aromatic rings. The van der Waals surface area contributed by atoms with E-state index in [4.69, 9.17) is 15.5 Å². The lowest BCUT2D eigenvalue weighted by Gasteiger charge is -2.30. The summed E-state index contributed by atoms with van der Waals surface area (Å²) < 4.78 is 20.5. The molecule has 0 saturated carbocycles. The number of fused-ring (bicyclic) bond motifs is 1. The Hall–Kier alpha value is -3.63. The molecule has 1 fully saturated rings. The second-order valence-corrected chi connectivity index (χ2v) is 9.02. The molecule has 0 radical (unpaired) electrons. The molecule has 0 spiro atoms. The fourth-order valence-corrected chi connectivity index (χ4v) is 4.55. The van der Waals surface area contributed by atoms with Gasteiger partial charge in [-0.2, -0.15) is 9.37 Å². The number of nitrogens with zero attached hydrogens (tertiary/aromatic N) is 5. The van der Waals surface area contributed by atoms with Gasteiger partial charge in [0.2, 0.25) is 5.95 Å². The number of hydrogen-bond acceptors (Lipinski definition) is 8. The van der Waals surface area contributed by atoms with Crippen molar-refractivity contribution in [2.75, 3.05) is 57.6 Å². The van der Waals surface area contributed by atoms with E-state index in [-0.39, 0.29) is 17.4 Å². The second kappa shape index (κ2) is 9.55. The second-order valence-electron chi connectivity index (χ2n) is 9.02. The molecule has 2 aliphatic rings. The molecule has 35 heavy (non-hydrogen) atoms. The third-order valence-electron chi connectivity index (χ3n) is 6.20. The number of nitrogen functional groups attached to an aromatic ring is 1. The van der Waals surface area contributed by atoms with Crippen LogP contribution in [0.25, 0.3) is 22.5 Å². The minimum absolute atomic E-state index is 0.00197. The molecule has 5 rings (SSSR count). The van der Waals surface area contributed by atoms with Crippen LogP contribution in [0.1, 0.15) is 21.5 Å². The summed E-state index contributed by atoms with van der Waals surface area (Å²) in [5, 5.41) is 2.83. The number of morpholine rings is 1. The number of benzene rings is 1. The molecule has 0 aliphatic carbocycles. The van der Waals surface area contributed by atoms with Crippen molar-refractivity contribution in [3.05, 3.63) is 53.1 Å². The zero-order valence-electron chi connectivity index (χ0n) is 19.8. The van der Waals surface area contributed by atoms with Crippen molar-refractivity contribution in [2.45, 2.75) is 13.0 Å². The molecular weight excluding hydrogens is 449 g/mol. The molecule has 9 nitrogen and oxygen atoms in total. The first-order valence-corrected chi connectivity index (χ1v) is 11.6. The van der Waals surface area contributed by atoms with E-state index in [0.717, 1.165) is 30.0 Å². The SMILES string of the molecule is CN(C)Cc1cc(-c2nc(-c3ccc4c(c3)CCNC4=O)c(N)nc2F)cnc1N1CCOCC1. The molecule has 2 aliphatic heterocycles. The van der Waals surface area contributed by atoms with E-state index in [1.165, 1.54) is 0 Å². The third kappa shape index (κ3) is 4.67. The fourth-order valence-electron chi connectivity index (χ4n) is 4.55. The maximum Gasteiger partial charge on any atom is 0.251 e. The highest BCUT2D eigenvalue weighted by molar-refractivity contribution is 5.97. The van der Waals surface area contributed by atoms with Crippen LogP contribution in [0.15, 0.2) is 30.5 Å². The maximum atomic E-state index is 15.0. The number of aromatic nitrogens is 3. The molecular formula is C25H28FN7O2. The van der Waals surface area contributed by atoms with Crippen LogP contribution in [-0.2, 0) is 17.7 Å². The van der Waals surface area contributed by atoms with Crippen LogP contribution in [0.3, 0.4) is 0 Å². The lowest BCUT2D eigenvalue weighted by Crippen LogP contribution is -2.37. The summed E-state index contributed by atoms with van der Waals surface area (Å²) >= 11 is 0. The van der Waals surface area contributed by atoms with Gasteiger partial charge in [-0.25, -0.2) is 9.97 Å². The molecule has 1 amide bonds. The quantitative estimate of drug-likeness (QED) is 0.575.